The minimum Gasteiger partial charge on any atom is -0.508 e. The SMILES string of the molecule is CC(C)Nc1ncccc1C(=O)NCCc1cccc(O)c1. The third-order valence-corrected chi connectivity index (χ3v) is 3.09. The Morgan fingerprint density at radius 1 is 1.27 bits per heavy atom. The van der Waals surface area contributed by atoms with Crippen molar-refractivity contribution >= 4 is 11.7 Å². The van der Waals surface area contributed by atoms with Gasteiger partial charge in [0.1, 0.15) is 11.6 Å². The summed E-state index contributed by atoms with van der Waals surface area (Å²) in [6.45, 7) is 4.49. The first-order valence-corrected chi connectivity index (χ1v) is 7.34. The number of carbonyl (C=O) groups is 1. The first-order chi connectivity index (χ1) is 10.6. The van der Waals surface area contributed by atoms with Crippen molar-refractivity contribution in [1.29, 1.82) is 0 Å². The Hall–Kier alpha value is -2.56. The highest BCUT2D eigenvalue weighted by Gasteiger charge is 2.12. The van der Waals surface area contributed by atoms with Crippen molar-refractivity contribution in [2.45, 2.75) is 26.3 Å². The topological polar surface area (TPSA) is 74.2 Å². The molecule has 0 atom stereocenters. The Labute approximate surface area is 130 Å². The summed E-state index contributed by atoms with van der Waals surface area (Å²) in [5.74, 6) is 0.670. The van der Waals surface area contributed by atoms with E-state index in [4.69, 9.17) is 0 Å². The number of phenolic OH excluding ortho intramolecular Hbond substituents is 1. The fourth-order valence-electron chi connectivity index (χ4n) is 2.10. The average Bonchev–Trinajstić information content (AvgIpc) is 2.47. The second-order valence-corrected chi connectivity index (χ2v) is 5.37. The van der Waals surface area contributed by atoms with Gasteiger partial charge in [0.2, 0.25) is 0 Å². The van der Waals surface area contributed by atoms with Crippen molar-refractivity contribution in [3.63, 3.8) is 0 Å². The van der Waals surface area contributed by atoms with Crippen LogP contribution in [-0.4, -0.2) is 28.6 Å². The highest BCUT2D eigenvalue weighted by Crippen LogP contribution is 2.13. The fourth-order valence-corrected chi connectivity index (χ4v) is 2.10. The molecule has 0 bridgehead atoms. The van der Waals surface area contributed by atoms with Crippen LogP contribution in [0, 0.1) is 0 Å². The highest BCUT2D eigenvalue weighted by molar-refractivity contribution is 5.98. The molecule has 3 N–H and O–H groups in total. The minimum absolute atomic E-state index is 0.156. The first-order valence-electron chi connectivity index (χ1n) is 7.34. The predicted octanol–water partition coefficient (Wildman–Crippen LogP) is 2.58. The number of anilines is 1. The van der Waals surface area contributed by atoms with Gasteiger partial charge in [0.25, 0.3) is 5.91 Å². The molecule has 1 heterocycles. The smallest absolute Gasteiger partial charge is 0.255 e. The van der Waals surface area contributed by atoms with E-state index in [1.807, 2.05) is 19.9 Å². The molecule has 22 heavy (non-hydrogen) atoms. The van der Waals surface area contributed by atoms with Crippen molar-refractivity contribution in [3.05, 3.63) is 53.7 Å². The van der Waals surface area contributed by atoms with Gasteiger partial charge in [-0.25, -0.2) is 4.98 Å². The zero-order valence-electron chi connectivity index (χ0n) is 12.8. The summed E-state index contributed by atoms with van der Waals surface area (Å²) in [5.41, 5.74) is 1.51. The quantitative estimate of drug-likeness (QED) is 0.766. The minimum atomic E-state index is -0.156. The molecule has 0 aliphatic rings. The zero-order chi connectivity index (χ0) is 15.9. The molecule has 5 nitrogen and oxygen atoms in total. The molecule has 0 saturated heterocycles. The van der Waals surface area contributed by atoms with Gasteiger partial charge >= 0.3 is 0 Å². The van der Waals surface area contributed by atoms with E-state index in [-0.39, 0.29) is 17.7 Å². The number of hydrogen-bond acceptors (Lipinski definition) is 4. The van der Waals surface area contributed by atoms with Crippen molar-refractivity contribution in [2.75, 3.05) is 11.9 Å². The van der Waals surface area contributed by atoms with E-state index >= 15 is 0 Å². The summed E-state index contributed by atoms with van der Waals surface area (Å²) in [7, 11) is 0. The molecule has 0 spiro atoms. The Bertz CT molecular complexity index is 641. The molecule has 0 unspecified atom stereocenters. The van der Waals surface area contributed by atoms with E-state index in [0.717, 1.165) is 5.56 Å². The summed E-state index contributed by atoms with van der Waals surface area (Å²) in [6, 6.07) is 10.7. The summed E-state index contributed by atoms with van der Waals surface area (Å²) in [5, 5.41) is 15.5. The van der Waals surface area contributed by atoms with Gasteiger partial charge in [-0.2, -0.15) is 0 Å². The van der Waals surface area contributed by atoms with Crippen LogP contribution in [0.5, 0.6) is 5.75 Å². The largest absolute Gasteiger partial charge is 0.508 e. The van der Waals surface area contributed by atoms with Gasteiger partial charge in [0.05, 0.1) is 5.56 Å². The first kappa shape index (κ1) is 15.8. The fraction of sp³-hybridized carbons (Fsp3) is 0.294. The number of benzene rings is 1. The van der Waals surface area contributed by atoms with E-state index in [2.05, 4.69) is 15.6 Å². The normalized spacial score (nSPS) is 10.5. The van der Waals surface area contributed by atoms with Gasteiger partial charge in [0.15, 0.2) is 0 Å². The van der Waals surface area contributed by atoms with E-state index in [1.54, 1.807) is 36.5 Å². The number of pyridine rings is 1. The Morgan fingerprint density at radius 3 is 2.82 bits per heavy atom. The van der Waals surface area contributed by atoms with Gasteiger partial charge in [-0.15, -0.1) is 0 Å². The number of amides is 1. The average molecular weight is 299 g/mol. The zero-order valence-corrected chi connectivity index (χ0v) is 12.8. The molecule has 0 radical (unpaired) electrons. The molecule has 1 amide bonds. The third-order valence-electron chi connectivity index (χ3n) is 3.09. The number of aromatic nitrogens is 1. The molecule has 116 valence electrons. The van der Waals surface area contributed by atoms with E-state index in [1.165, 1.54) is 0 Å². The Balaban J connectivity index is 1.95. The molecule has 5 heteroatoms. The van der Waals surface area contributed by atoms with Crippen LogP contribution in [0.2, 0.25) is 0 Å². The highest BCUT2D eigenvalue weighted by atomic mass is 16.3. The Morgan fingerprint density at radius 2 is 2.09 bits per heavy atom. The summed E-state index contributed by atoms with van der Waals surface area (Å²) < 4.78 is 0. The summed E-state index contributed by atoms with van der Waals surface area (Å²) in [4.78, 5) is 16.5. The van der Waals surface area contributed by atoms with Gasteiger partial charge in [-0.3, -0.25) is 4.79 Å². The molecular weight excluding hydrogens is 278 g/mol. The van der Waals surface area contributed by atoms with Gasteiger partial charge in [0, 0.05) is 18.8 Å². The summed E-state index contributed by atoms with van der Waals surface area (Å²) >= 11 is 0. The molecule has 2 rings (SSSR count). The monoisotopic (exact) mass is 299 g/mol. The van der Waals surface area contributed by atoms with E-state index < -0.39 is 0 Å². The number of phenols is 1. The van der Waals surface area contributed by atoms with Crippen LogP contribution in [0.3, 0.4) is 0 Å². The second-order valence-electron chi connectivity index (χ2n) is 5.37. The lowest BCUT2D eigenvalue weighted by molar-refractivity contribution is 0.0954. The molecular formula is C17H21N3O2. The van der Waals surface area contributed by atoms with E-state index in [0.29, 0.717) is 24.3 Å². The van der Waals surface area contributed by atoms with Crippen LogP contribution < -0.4 is 10.6 Å². The van der Waals surface area contributed by atoms with Gasteiger partial charge in [-0.05, 0) is 50.1 Å². The van der Waals surface area contributed by atoms with Crippen molar-refractivity contribution in [1.82, 2.24) is 10.3 Å². The van der Waals surface area contributed by atoms with Crippen molar-refractivity contribution < 1.29 is 9.90 Å². The molecule has 0 aliphatic heterocycles. The van der Waals surface area contributed by atoms with Crippen molar-refractivity contribution in [3.8, 4) is 5.75 Å². The van der Waals surface area contributed by atoms with Crippen LogP contribution in [0.25, 0.3) is 0 Å². The maximum atomic E-state index is 12.3. The lowest BCUT2D eigenvalue weighted by Crippen LogP contribution is -2.27. The number of carbonyl (C=O) groups excluding carboxylic acids is 1. The second kappa shape index (κ2) is 7.45. The number of aromatic hydroxyl groups is 1. The van der Waals surface area contributed by atoms with Gasteiger partial charge < -0.3 is 15.7 Å². The van der Waals surface area contributed by atoms with Crippen LogP contribution >= 0.6 is 0 Å². The number of nitrogens with one attached hydrogen (secondary N) is 2. The molecule has 1 aromatic heterocycles. The lowest BCUT2D eigenvalue weighted by Gasteiger charge is -2.13. The molecule has 0 aliphatic carbocycles. The van der Waals surface area contributed by atoms with Crippen LogP contribution in [0.1, 0.15) is 29.8 Å². The van der Waals surface area contributed by atoms with Crippen molar-refractivity contribution in [2.24, 2.45) is 0 Å². The van der Waals surface area contributed by atoms with Gasteiger partial charge in [-0.1, -0.05) is 12.1 Å². The number of rotatable bonds is 6. The molecule has 0 fully saturated rings. The third kappa shape index (κ3) is 4.48. The van der Waals surface area contributed by atoms with Crippen LogP contribution in [-0.2, 0) is 6.42 Å². The lowest BCUT2D eigenvalue weighted by atomic mass is 10.1. The van der Waals surface area contributed by atoms with Crippen LogP contribution in [0.15, 0.2) is 42.6 Å². The van der Waals surface area contributed by atoms with Crippen LogP contribution in [0.4, 0.5) is 5.82 Å². The Kier molecular flexibility index (Phi) is 5.36. The molecule has 0 saturated carbocycles. The number of hydrogen-bond donors (Lipinski definition) is 3. The molecule has 2 aromatic rings. The summed E-state index contributed by atoms with van der Waals surface area (Å²) in [6.07, 6.45) is 2.32. The number of nitrogens with zero attached hydrogens (tertiary/aromatic N) is 1. The maximum Gasteiger partial charge on any atom is 0.255 e. The van der Waals surface area contributed by atoms with E-state index in [9.17, 15) is 9.90 Å². The predicted molar refractivity (Wildman–Crippen MR) is 87.1 cm³/mol. The standard InChI is InChI=1S/C17H21N3O2/c1-12(2)20-16-15(7-4-9-18-16)17(22)19-10-8-13-5-3-6-14(21)11-13/h3-7,9,11-12,21H,8,10H2,1-2H3,(H,18,20)(H,19,22). The maximum absolute atomic E-state index is 12.3. The molecule has 1 aromatic carbocycles.